The van der Waals surface area contributed by atoms with Crippen molar-refractivity contribution in [3.63, 3.8) is 0 Å². The molecular formula is C14H14FN3O4. The van der Waals surface area contributed by atoms with Gasteiger partial charge in [-0.3, -0.25) is 14.9 Å². The lowest BCUT2D eigenvalue weighted by Gasteiger charge is -2.17. The fraction of sp³-hybridized carbons (Fsp3) is 0.286. The van der Waals surface area contributed by atoms with Crippen LogP contribution in [-0.2, 0) is 4.79 Å². The van der Waals surface area contributed by atoms with E-state index in [-0.39, 0.29) is 11.1 Å². The molecule has 7 nitrogen and oxygen atoms in total. The number of amides is 1. The first-order valence-electron chi connectivity index (χ1n) is 6.43. The smallest absolute Gasteiger partial charge is 0.314 e. The van der Waals surface area contributed by atoms with E-state index in [1.54, 1.807) is 19.9 Å². The predicted octanol–water partition coefficient (Wildman–Crippen LogP) is 2.21. The Hall–Kier alpha value is -2.95. The third-order valence-corrected chi connectivity index (χ3v) is 2.97. The van der Waals surface area contributed by atoms with Crippen LogP contribution in [0, 0.1) is 27.3 Å². The van der Waals surface area contributed by atoms with Gasteiger partial charge in [0.15, 0.2) is 5.82 Å². The van der Waals surface area contributed by atoms with Crippen molar-refractivity contribution in [3.8, 4) is 11.8 Å². The molecule has 1 aromatic rings. The number of halogens is 1. The van der Waals surface area contributed by atoms with Gasteiger partial charge < -0.3 is 10.0 Å². The maximum absolute atomic E-state index is 13.5. The van der Waals surface area contributed by atoms with Crippen LogP contribution in [0.3, 0.4) is 0 Å². The van der Waals surface area contributed by atoms with Crippen molar-refractivity contribution >= 4 is 17.7 Å². The van der Waals surface area contributed by atoms with E-state index in [0.717, 1.165) is 18.2 Å². The maximum atomic E-state index is 13.5. The van der Waals surface area contributed by atoms with Gasteiger partial charge in [-0.1, -0.05) is 0 Å². The average molecular weight is 307 g/mol. The van der Waals surface area contributed by atoms with Gasteiger partial charge in [0.25, 0.3) is 5.91 Å². The molecule has 0 saturated carbocycles. The standard InChI is InChI=1S/C14H14FN3O4/c1-3-17(4-2)14(20)10(8-16)5-9-6-11(15)13(19)12(7-9)18(21)22/h5-7,19H,3-4H2,1-2H3/b10-5+. The van der Waals surface area contributed by atoms with Crippen LogP contribution in [0.25, 0.3) is 6.08 Å². The Balaban J connectivity index is 3.33. The fourth-order valence-corrected chi connectivity index (χ4v) is 1.82. The Morgan fingerprint density at radius 1 is 1.50 bits per heavy atom. The first-order valence-corrected chi connectivity index (χ1v) is 6.43. The highest BCUT2D eigenvalue weighted by Crippen LogP contribution is 2.30. The SMILES string of the molecule is CCN(CC)C(=O)/C(C#N)=C/c1cc(F)c(O)c([N+](=O)[O-])c1. The molecule has 0 aliphatic carbocycles. The van der Waals surface area contributed by atoms with Crippen LogP contribution < -0.4 is 0 Å². The molecule has 116 valence electrons. The van der Waals surface area contributed by atoms with Gasteiger partial charge in [-0.15, -0.1) is 0 Å². The molecule has 0 spiro atoms. The minimum Gasteiger partial charge on any atom is -0.500 e. The predicted molar refractivity (Wildman–Crippen MR) is 76.2 cm³/mol. The second kappa shape index (κ2) is 7.17. The molecule has 0 unspecified atom stereocenters. The lowest BCUT2D eigenvalue weighted by atomic mass is 10.1. The normalized spacial score (nSPS) is 10.9. The zero-order valence-electron chi connectivity index (χ0n) is 12.0. The Morgan fingerprint density at radius 3 is 2.55 bits per heavy atom. The Bertz CT molecular complexity index is 675. The van der Waals surface area contributed by atoms with Crippen molar-refractivity contribution in [2.75, 3.05) is 13.1 Å². The van der Waals surface area contributed by atoms with Gasteiger partial charge in [0.1, 0.15) is 11.6 Å². The average Bonchev–Trinajstić information content (AvgIpc) is 2.48. The summed E-state index contributed by atoms with van der Waals surface area (Å²) in [5.41, 5.74) is -1.17. The second-order valence-electron chi connectivity index (χ2n) is 4.27. The summed E-state index contributed by atoms with van der Waals surface area (Å²) in [5, 5.41) is 29.1. The van der Waals surface area contributed by atoms with Crippen molar-refractivity contribution in [1.29, 1.82) is 5.26 Å². The molecule has 0 heterocycles. The Morgan fingerprint density at radius 2 is 2.09 bits per heavy atom. The summed E-state index contributed by atoms with van der Waals surface area (Å²) in [5.74, 6) is -2.84. The van der Waals surface area contributed by atoms with Crippen molar-refractivity contribution < 1.29 is 19.2 Å². The Kier molecular flexibility index (Phi) is 5.57. The number of nitriles is 1. The number of phenolic OH excluding ortho intramolecular Hbond substituents is 1. The van der Waals surface area contributed by atoms with E-state index in [9.17, 15) is 24.4 Å². The number of carbonyl (C=O) groups is 1. The number of hydrogen-bond acceptors (Lipinski definition) is 5. The van der Waals surface area contributed by atoms with Crippen LogP contribution in [-0.4, -0.2) is 33.9 Å². The van der Waals surface area contributed by atoms with E-state index in [0.29, 0.717) is 13.1 Å². The summed E-state index contributed by atoms with van der Waals surface area (Å²) >= 11 is 0. The summed E-state index contributed by atoms with van der Waals surface area (Å²) in [4.78, 5) is 23.2. The summed E-state index contributed by atoms with van der Waals surface area (Å²) < 4.78 is 13.5. The molecule has 0 atom stereocenters. The van der Waals surface area contributed by atoms with Crippen molar-refractivity contribution in [1.82, 2.24) is 4.90 Å². The molecular weight excluding hydrogens is 293 g/mol. The maximum Gasteiger partial charge on any atom is 0.314 e. The summed E-state index contributed by atoms with van der Waals surface area (Å²) in [6.45, 7) is 4.25. The molecule has 0 aliphatic heterocycles. The van der Waals surface area contributed by atoms with E-state index < -0.39 is 28.1 Å². The number of likely N-dealkylation sites (N-methyl/N-ethyl adjacent to an activating group) is 1. The van der Waals surface area contributed by atoms with Gasteiger partial charge in [-0.05, 0) is 31.6 Å². The number of rotatable bonds is 5. The van der Waals surface area contributed by atoms with Gasteiger partial charge in [0, 0.05) is 19.2 Å². The lowest BCUT2D eigenvalue weighted by Crippen LogP contribution is -2.31. The van der Waals surface area contributed by atoms with E-state index in [1.165, 1.54) is 4.90 Å². The summed E-state index contributed by atoms with van der Waals surface area (Å²) in [6, 6.07) is 3.41. The first-order chi connectivity index (χ1) is 10.3. The minimum atomic E-state index is -1.20. The zero-order chi connectivity index (χ0) is 16.9. The van der Waals surface area contributed by atoms with Gasteiger partial charge >= 0.3 is 5.69 Å². The van der Waals surface area contributed by atoms with Gasteiger partial charge in [0.2, 0.25) is 5.75 Å². The number of nitro benzene ring substituents is 1. The fourth-order valence-electron chi connectivity index (χ4n) is 1.82. The molecule has 0 fully saturated rings. The number of nitrogens with zero attached hydrogens (tertiary/aromatic N) is 3. The summed E-state index contributed by atoms with van der Waals surface area (Å²) in [7, 11) is 0. The topological polar surface area (TPSA) is 107 Å². The molecule has 8 heteroatoms. The molecule has 0 saturated heterocycles. The number of nitro groups is 1. The third-order valence-electron chi connectivity index (χ3n) is 2.97. The summed E-state index contributed by atoms with van der Waals surface area (Å²) in [6.07, 6.45) is 1.05. The number of aromatic hydroxyl groups is 1. The van der Waals surface area contributed by atoms with Gasteiger partial charge in [0.05, 0.1) is 4.92 Å². The van der Waals surface area contributed by atoms with Crippen LogP contribution >= 0.6 is 0 Å². The molecule has 1 N–H and O–H groups in total. The van der Waals surface area contributed by atoms with Crippen LogP contribution in [0.5, 0.6) is 5.75 Å². The molecule has 0 bridgehead atoms. The number of carbonyl (C=O) groups excluding carboxylic acids is 1. The van der Waals surface area contributed by atoms with Crippen LogP contribution in [0.2, 0.25) is 0 Å². The monoisotopic (exact) mass is 307 g/mol. The number of benzene rings is 1. The molecule has 1 rings (SSSR count). The highest BCUT2D eigenvalue weighted by atomic mass is 19.1. The Labute approximate surface area is 126 Å². The highest BCUT2D eigenvalue weighted by molar-refractivity contribution is 6.01. The molecule has 0 aliphatic rings. The third kappa shape index (κ3) is 3.58. The molecule has 1 amide bonds. The van der Waals surface area contributed by atoms with E-state index in [4.69, 9.17) is 5.26 Å². The number of phenols is 1. The van der Waals surface area contributed by atoms with Crippen LogP contribution in [0.1, 0.15) is 19.4 Å². The van der Waals surface area contributed by atoms with E-state index in [2.05, 4.69) is 0 Å². The quantitative estimate of drug-likeness (QED) is 0.388. The highest BCUT2D eigenvalue weighted by Gasteiger charge is 2.20. The molecule has 0 aromatic heterocycles. The molecule has 22 heavy (non-hydrogen) atoms. The number of hydrogen-bond donors (Lipinski definition) is 1. The van der Waals surface area contributed by atoms with Crippen molar-refractivity contribution in [3.05, 3.63) is 39.2 Å². The van der Waals surface area contributed by atoms with Crippen LogP contribution in [0.15, 0.2) is 17.7 Å². The second-order valence-corrected chi connectivity index (χ2v) is 4.27. The molecule has 0 radical (unpaired) electrons. The van der Waals surface area contributed by atoms with Crippen molar-refractivity contribution in [2.24, 2.45) is 0 Å². The van der Waals surface area contributed by atoms with Crippen LogP contribution in [0.4, 0.5) is 10.1 Å². The molecule has 1 aromatic carbocycles. The zero-order valence-corrected chi connectivity index (χ0v) is 12.0. The van der Waals surface area contributed by atoms with Gasteiger partial charge in [-0.25, -0.2) is 4.39 Å². The van der Waals surface area contributed by atoms with Gasteiger partial charge in [-0.2, -0.15) is 5.26 Å². The lowest BCUT2D eigenvalue weighted by molar-refractivity contribution is -0.386. The van der Waals surface area contributed by atoms with E-state index in [1.807, 2.05) is 0 Å². The van der Waals surface area contributed by atoms with E-state index >= 15 is 0 Å². The first kappa shape index (κ1) is 17.1. The largest absolute Gasteiger partial charge is 0.500 e. The minimum absolute atomic E-state index is 0.0564. The van der Waals surface area contributed by atoms with Crippen molar-refractivity contribution in [2.45, 2.75) is 13.8 Å².